The van der Waals surface area contributed by atoms with E-state index in [2.05, 4.69) is 17.0 Å². The summed E-state index contributed by atoms with van der Waals surface area (Å²) in [5.74, 6) is -1.37. The van der Waals surface area contributed by atoms with Crippen LogP contribution in [0.5, 0.6) is 11.5 Å². The highest BCUT2D eigenvalue weighted by Crippen LogP contribution is 2.38. The number of morpholine rings is 1. The molecule has 2 amide bonds. The van der Waals surface area contributed by atoms with E-state index in [-0.39, 0.29) is 41.4 Å². The highest BCUT2D eigenvalue weighted by atomic mass is 35.5. The molecule has 1 atom stereocenters. The van der Waals surface area contributed by atoms with Crippen LogP contribution in [0.1, 0.15) is 48.9 Å². The number of aromatic nitrogens is 2. The average molecular weight is 767 g/mol. The fourth-order valence-corrected chi connectivity index (χ4v) is 7.60. The number of nitrogens with zero attached hydrogens (tertiary/aromatic N) is 6. The van der Waals surface area contributed by atoms with Crippen LogP contribution in [0.15, 0.2) is 72.8 Å². The van der Waals surface area contributed by atoms with Gasteiger partial charge in [-0.1, -0.05) is 24.3 Å². The number of benzene rings is 3. The van der Waals surface area contributed by atoms with Crippen LogP contribution in [0.4, 0.5) is 15.8 Å². The summed E-state index contributed by atoms with van der Waals surface area (Å²) in [6.45, 7) is 7.46. The molecule has 13 heteroatoms. The minimum absolute atomic E-state index is 0. The van der Waals surface area contributed by atoms with Gasteiger partial charge in [0.15, 0.2) is 11.6 Å². The zero-order valence-corrected chi connectivity index (χ0v) is 32.3. The number of fused-ring (bicyclic) bond motifs is 1. The van der Waals surface area contributed by atoms with Gasteiger partial charge in [0.25, 0.3) is 11.8 Å². The number of hydrogen-bond donors (Lipinski definition) is 1. The molecular weight excluding hydrogens is 723 g/mol. The van der Waals surface area contributed by atoms with Gasteiger partial charge in [-0.3, -0.25) is 19.4 Å². The molecule has 3 aromatic carbocycles. The molecule has 1 saturated heterocycles. The fraction of sp³-hybridized carbons (Fsp3) is 0.310. The Balaban J connectivity index is 0.00000514. The second kappa shape index (κ2) is 16.0. The van der Waals surface area contributed by atoms with Gasteiger partial charge in [0, 0.05) is 74.6 Å². The second-order valence-corrected chi connectivity index (χ2v) is 13.9. The Morgan fingerprint density at radius 1 is 0.964 bits per heavy atom. The fourth-order valence-electron chi connectivity index (χ4n) is 7.60. The van der Waals surface area contributed by atoms with Crippen molar-refractivity contribution in [2.24, 2.45) is 14.1 Å². The van der Waals surface area contributed by atoms with E-state index in [9.17, 15) is 20.0 Å². The van der Waals surface area contributed by atoms with Crippen molar-refractivity contribution in [2.75, 3.05) is 44.9 Å². The van der Waals surface area contributed by atoms with Crippen LogP contribution < -0.4 is 9.64 Å². The first kappa shape index (κ1) is 39.1. The average Bonchev–Trinajstić information content (AvgIpc) is 3.64. The molecule has 4 heterocycles. The highest BCUT2D eigenvalue weighted by molar-refractivity contribution is 6.13. The number of hydrogen-bond acceptors (Lipinski definition) is 7. The Bertz CT molecular complexity index is 2290. The van der Waals surface area contributed by atoms with Crippen LogP contribution >= 0.6 is 12.4 Å². The quantitative estimate of drug-likeness (QED) is 0.188. The van der Waals surface area contributed by atoms with Crippen LogP contribution in [0.25, 0.3) is 11.3 Å². The van der Waals surface area contributed by atoms with Gasteiger partial charge >= 0.3 is 0 Å². The molecule has 0 bridgehead atoms. The molecule has 1 fully saturated rings. The lowest BCUT2D eigenvalue weighted by Crippen LogP contribution is -2.52. The summed E-state index contributed by atoms with van der Waals surface area (Å²) in [6, 6.07) is 22.5. The molecule has 0 aliphatic carbocycles. The third kappa shape index (κ3) is 7.31. The molecule has 0 saturated carbocycles. The van der Waals surface area contributed by atoms with Crippen molar-refractivity contribution in [3.8, 4) is 28.8 Å². The van der Waals surface area contributed by atoms with Crippen molar-refractivity contribution in [3.05, 3.63) is 118 Å². The van der Waals surface area contributed by atoms with E-state index in [0.29, 0.717) is 78.0 Å². The van der Waals surface area contributed by atoms with Gasteiger partial charge in [-0.25, -0.2) is 4.39 Å². The topological polar surface area (TPSA) is 116 Å². The molecule has 286 valence electrons. The van der Waals surface area contributed by atoms with Crippen molar-refractivity contribution in [2.45, 2.75) is 32.9 Å². The molecule has 11 nitrogen and oxygen atoms in total. The number of phenols is 1. The summed E-state index contributed by atoms with van der Waals surface area (Å²) >= 11 is 0. The number of amides is 2. The Hall–Kier alpha value is -5.61. The van der Waals surface area contributed by atoms with Gasteiger partial charge in [0.2, 0.25) is 0 Å². The van der Waals surface area contributed by atoms with Gasteiger partial charge in [-0.2, -0.15) is 5.26 Å². The van der Waals surface area contributed by atoms with Crippen molar-refractivity contribution < 1.29 is 28.6 Å². The summed E-state index contributed by atoms with van der Waals surface area (Å²) in [6.07, 6.45) is 0.661. The van der Waals surface area contributed by atoms with E-state index in [1.165, 1.54) is 41.8 Å². The van der Waals surface area contributed by atoms with Gasteiger partial charge in [-0.05, 0) is 79.9 Å². The number of methoxy groups -OCH3 is 1. The standard InChI is InChI=1S/C42H43FN6O5.ClH/c1-26-34(42(52)49(30-10-12-33(50)13-11-30)38-19-31(23-44)45(3)27(38)2)21-39(46(26)4)35-22-40(53-5)37(43)20-36(35)41(51)48-24-29-9-7-6-8-28(29)18-32(48)25-47-14-16-54-17-15-47;/h6-13,19-22,32,50H,14-18,24-25H2,1-5H3;1H/t32-;/m0./s1. The molecule has 2 aromatic heterocycles. The van der Waals surface area contributed by atoms with Gasteiger partial charge in [-0.15, -0.1) is 12.4 Å². The first-order chi connectivity index (χ1) is 26.0. The molecule has 2 aliphatic rings. The molecule has 1 N–H and O–H groups in total. The van der Waals surface area contributed by atoms with E-state index >= 15 is 4.39 Å². The van der Waals surface area contributed by atoms with Crippen molar-refractivity contribution in [1.82, 2.24) is 18.9 Å². The lowest BCUT2D eigenvalue weighted by molar-refractivity contribution is 0.0193. The zero-order chi connectivity index (χ0) is 38.3. The summed E-state index contributed by atoms with van der Waals surface area (Å²) in [5.41, 5.74) is 6.33. The van der Waals surface area contributed by atoms with Crippen LogP contribution in [-0.4, -0.2) is 81.9 Å². The number of halogens is 2. The number of phenolic OH excluding ortho intramolecular Hbond substituents is 1. The molecule has 7 rings (SSSR count). The third-order valence-corrected chi connectivity index (χ3v) is 10.9. The van der Waals surface area contributed by atoms with Gasteiger partial charge in [0.1, 0.15) is 17.5 Å². The lowest BCUT2D eigenvalue weighted by Gasteiger charge is -2.40. The minimum atomic E-state index is -0.666. The first-order valence-corrected chi connectivity index (χ1v) is 17.9. The molecule has 2 aliphatic heterocycles. The van der Waals surface area contributed by atoms with E-state index in [1.807, 2.05) is 41.5 Å². The van der Waals surface area contributed by atoms with E-state index in [1.54, 1.807) is 42.9 Å². The number of rotatable bonds is 8. The number of nitriles is 1. The summed E-state index contributed by atoms with van der Waals surface area (Å²) in [5, 5.41) is 19.9. The van der Waals surface area contributed by atoms with Crippen molar-refractivity contribution in [1.29, 1.82) is 5.26 Å². The highest BCUT2D eigenvalue weighted by Gasteiger charge is 2.35. The molecule has 0 spiro atoms. The maximum absolute atomic E-state index is 15.7. The normalized spacial score (nSPS) is 15.5. The number of carbonyl (C=O) groups excluding carboxylic acids is 2. The predicted molar refractivity (Wildman–Crippen MR) is 210 cm³/mol. The number of anilines is 2. The third-order valence-electron chi connectivity index (χ3n) is 10.9. The Morgan fingerprint density at radius 2 is 1.65 bits per heavy atom. The van der Waals surface area contributed by atoms with E-state index < -0.39 is 11.7 Å². The van der Waals surface area contributed by atoms with Crippen LogP contribution in [0, 0.1) is 31.0 Å². The van der Waals surface area contributed by atoms with Crippen molar-refractivity contribution in [3.63, 3.8) is 0 Å². The second-order valence-electron chi connectivity index (χ2n) is 13.9. The zero-order valence-electron chi connectivity index (χ0n) is 31.5. The van der Waals surface area contributed by atoms with Crippen LogP contribution in [0.3, 0.4) is 0 Å². The van der Waals surface area contributed by atoms with Crippen molar-refractivity contribution >= 4 is 35.6 Å². The summed E-state index contributed by atoms with van der Waals surface area (Å²) < 4.78 is 30.2. The molecule has 0 unspecified atom stereocenters. The summed E-state index contributed by atoms with van der Waals surface area (Å²) in [4.78, 5) is 35.4. The van der Waals surface area contributed by atoms with E-state index in [0.717, 1.165) is 18.7 Å². The number of aromatic hydroxyl groups is 1. The Morgan fingerprint density at radius 3 is 2.31 bits per heavy atom. The van der Waals surface area contributed by atoms with Crippen LogP contribution in [-0.2, 0) is 31.8 Å². The largest absolute Gasteiger partial charge is 0.508 e. The predicted octanol–water partition coefficient (Wildman–Crippen LogP) is 6.67. The molecule has 5 aromatic rings. The number of carbonyl (C=O) groups is 2. The summed E-state index contributed by atoms with van der Waals surface area (Å²) in [7, 11) is 4.94. The van der Waals surface area contributed by atoms with Gasteiger partial charge < -0.3 is 28.6 Å². The minimum Gasteiger partial charge on any atom is -0.508 e. The maximum Gasteiger partial charge on any atom is 0.264 e. The first-order valence-electron chi connectivity index (χ1n) is 17.9. The number of ether oxygens (including phenoxy) is 2. The molecular formula is C42H44ClFN6O5. The van der Waals surface area contributed by atoms with E-state index in [4.69, 9.17) is 9.47 Å². The monoisotopic (exact) mass is 766 g/mol. The lowest BCUT2D eigenvalue weighted by atomic mass is 9.92. The smallest absolute Gasteiger partial charge is 0.264 e. The molecule has 55 heavy (non-hydrogen) atoms. The Kier molecular flexibility index (Phi) is 11.4. The molecule has 0 radical (unpaired) electrons. The Labute approximate surface area is 326 Å². The SMILES string of the molecule is COc1cc(-c2cc(C(=O)N(c3ccc(O)cc3)c3cc(C#N)n(C)c3C)c(C)n2C)c(C(=O)N2Cc3ccccc3C[C@H]2CN2CCOCC2)cc1F.Cl. The maximum atomic E-state index is 15.7. The van der Waals surface area contributed by atoms with Gasteiger partial charge in [0.05, 0.1) is 37.1 Å². The van der Waals surface area contributed by atoms with Crippen LogP contribution in [0.2, 0.25) is 0 Å².